The van der Waals surface area contributed by atoms with Gasteiger partial charge in [-0.2, -0.15) is 18.3 Å². The van der Waals surface area contributed by atoms with Gasteiger partial charge in [-0.05, 0) is 50.2 Å². The third-order valence-corrected chi connectivity index (χ3v) is 5.32. The number of ether oxygens (including phenoxy) is 1. The number of hydrogen-bond donors (Lipinski definition) is 1. The van der Waals surface area contributed by atoms with Crippen LogP contribution < -0.4 is 15.6 Å². The normalized spacial score (nSPS) is 12.5. The van der Waals surface area contributed by atoms with E-state index in [0.717, 1.165) is 16.8 Å². The van der Waals surface area contributed by atoms with Crippen LogP contribution in [0.5, 0.6) is 5.75 Å². The average molecular weight is 472 g/mol. The van der Waals surface area contributed by atoms with Gasteiger partial charge in [-0.1, -0.05) is 17.3 Å². The lowest BCUT2D eigenvalue weighted by molar-refractivity contribution is -0.137. The average Bonchev–Trinajstić information content (AvgIpc) is 3.21. The van der Waals surface area contributed by atoms with Crippen molar-refractivity contribution in [1.29, 1.82) is 0 Å². The number of carbonyl (C=O) groups excluding carboxylic acids is 1. The zero-order chi connectivity index (χ0) is 24.6. The van der Waals surface area contributed by atoms with E-state index in [1.807, 2.05) is 0 Å². The van der Waals surface area contributed by atoms with Crippen LogP contribution in [0.4, 0.5) is 18.9 Å². The van der Waals surface area contributed by atoms with Crippen molar-refractivity contribution in [2.24, 2.45) is 0 Å². The van der Waals surface area contributed by atoms with Crippen LogP contribution in [0.3, 0.4) is 0 Å². The van der Waals surface area contributed by atoms with Gasteiger partial charge >= 0.3 is 6.18 Å². The summed E-state index contributed by atoms with van der Waals surface area (Å²) in [6.45, 7) is 2.98. The molecule has 0 aliphatic carbocycles. The van der Waals surface area contributed by atoms with Crippen LogP contribution in [0.15, 0.2) is 57.8 Å². The number of anilines is 1. The van der Waals surface area contributed by atoms with E-state index >= 15 is 0 Å². The number of carbonyl (C=O) groups is 1. The third kappa shape index (κ3) is 4.12. The van der Waals surface area contributed by atoms with Gasteiger partial charge in [-0.25, -0.2) is 4.68 Å². The molecule has 4 rings (SSSR count). The minimum absolute atomic E-state index is 0.0475. The van der Waals surface area contributed by atoms with Crippen molar-refractivity contribution >= 4 is 22.5 Å². The second-order valence-electron chi connectivity index (χ2n) is 7.50. The van der Waals surface area contributed by atoms with Crippen molar-refractivity contribution in [2.45, 2.75) is 26.1 Å². The van der Waals surface area contributed by atoms with Crippen LogP contribution in [-0.4, -0.2) is 28.0 Å². The zero-order valence-electron chi connectivity index (χ0n) is 18.3. The maximum atomic E-state index is 13.3. The summed E-state index contributed by atoms with van der Waals surface area (Å²) in [5.41, 5.74) is -1.26. The first-order valence-electron chi connectivity index (χ1n) is 10.1. The number of amides is 1. The number of aromatic nitrogens is 3. The second kappa shape index (κ2) is 8.65. The van der Waals surface area contributed by atoms with Crippen molar-refractivity contribution < 1.29 is 27.2 Å². The number of benzene rings is 2. The number of rotatable bonds is 5. The van der Waals surface area contributed by atoms with Crippen molar-refractivity contribution in [3.05, 3.63) is 70.2 Å². The topological polar surface area (TPSA) is 99.2 Å². The number of hydrogen-bond acceptors (Lipinski definition) is 6. The largest absolute Gasteiger partial charge is 0.497 e. The molecule has 2 heterocycles. The number of fused-ring (bicyclic) bond motifs is 1. The highest BCUT2D eigenvalue weighted by Gasteiger charge is 2.34. The van der Waals surface area contributed by atoms with Crippen molar-refractivity contribution in [2.75, 3.05) is 12.4 Å². The molecule has 0 unspecified atom stereocenters. The van der Waals surface area contributed by atoms with Gasteiger partial charge in [0.15, 0.2) is 5.52 Å². The van der Waals surface area contributed by atoms with Gasteiger partial charge < -0.3 is 14.6 Å². The number of halogens is 3. The summed E-state index contributed by atoms with van der Waals surface area (Å²) in [6, 6.07) is 10.1. The molecule has 1 N–H and O–H groups in total. The molecule has 0 saturated heterocycles. The Labute approximate surface area is 190 Å². The summed E-state index contributed by atoms with van der Waals surface area (Å²) in [4.78, 5) is 25.9. The highest BCUT2D eigenvalue weighted by Crippen LogP contribution is 2.35. The van der Waals surface area contributed by atoms with Gasteiger partial charge in [0.05, 0.1) is 23.7 Å². The van der Waals surface area contributed by atoms with E-state index in [0.29, 0.717) is 28.2 Å². The Kier molecular flexibility index (Phi) is 5.86. The number of alkyl halides is 3. The molecule has 0 radical (unpaired) electrons. The van der Waals surface area contributed by atoms with Crippen LogP contribution in [-0.2, 0) is 11.0 Å². The summed E-state index contributed by atoms with van der Waals surface area (Å²) in [7, 11) is 1.52. The van der Waals surface area contributed by atoms with Crippen LogP contribution in [0, 0.1) is 6.92 Å². The summed E-state index contributed by atoms with van der Waals surface area (Å²) in [6.07, 6.45) is -4.67. The quantitative estimate of drug-likeness (QED) is 0.456. The lowest BCUT2D eigenvalue weighted by atomic mass is 10.1. The van der Waals surface area contributed by atoms with Crippen LogP contribution in [0.25, 0.3) is 22.2 Å². The van der Waals surface area contributed by atoms with Gasteiger partial charge in [-0.15, -0.1) is 0 Å². The first-order valence-corrected chi connectivity index (χ1v) is 10.1. The molecule has 2 aromatic carbocycles. The monoisotopic (exact) mass is 472 g/mol. The van der Waals surface area contributed by atoms with Gasteiger partial charge in [0.25, 0.3) is 5.56 Å². The molecule has 0 aliphatic rings. The molecule has 176 valence electrons. The second-order valence-corrected chi connectivity index (χ2v) is 7.50. The zero-order valence-corrected chi connectivity index (χ0v) is 18.3. The fourth-order valence-corrected chi connectivity index (χ4v) is 3.51. The molecule has 1 amide bonds. The van der Waals surface area contributed by atoms with Crippen LogP contribution >= 0.6 is 0 Å². The Balaban J connectivity index is 1.78. The molecule has 11 heteroatoms. The Bertz CT molecular complexity index is 1430. The minimum atomic E-state index is -4.67. The highest BCUT2D eigenvalue weighted by molar-refractivity contribution is 5.96. The Hall–Kier alpha value is -4.15. The molecule has 34 heavy (non-hydrogen) atoms. The van der Waals surface area contributed by atoms with E-state index in [4.69, 9.17) is 9.26 Å². The highest BCUT2D eigenvalue weighted by atomic mass is 19.4. The summed E-state index contributed by atoms with van der Waals surface area (Å²) >= 11 is 0. The summed E-state index contributed by atoms with van der Waals surface area (Å²) in [5.74, 6) is 0.103. The molecule has 1 atom stereocenters. The Morgan fingerprint density at radius 1 is 1.15 bits per heavy atom. The molecule has 0 bridgehead atoms. The van der Waals surface area contributed by atoms with Gasteiger partial charge in [0.1, 0.15) is 23.2 Å². The maximum absolute atomic E-state index is 13.3. The van der Waals surface area contributed by atoms with E-state index in [1.54, 1.807) is 31.2 Å². The minimum Gasteiger partial charge on any atom is -0.497 e. The third-order valence-electron chi connectivity index (χ3n) is 5.32. The lowest BCUT2D eigenvalue weighted by Gasteiger charge is -2.18. The maximum Gasteiger partial charge on any atom is 0.418 e. The lowest BCUT2D eigenvalue weighted by Crippen LogP contribution is -2.34. The molecular formula is C23H19F3N4O4. The van der Waals surface area contributed by atoms with Crippen molar-refractivity contribution in [1.82, 2.24) is 14.9 Å². The van der Waals surface area contributed by atoms with Gasteiger partial charge in [-0.3, -0.25) is 9.59 Å². The molecule has 2 aromatic heterocycles. The molecule has 0 spiro atoms. The van der Waals surface area contributed by atoms with Gasteiger partial charge in [0, 0.05) is 5.56 Å². The Morgan fingerprint density at radius 3 is 2.47 bits per heavy atom. The van der Waals surface area contributed by atoms with Crippen LogP contribution in [0.1, 0.15) is 24.3 Å². The molecule has 0 fully saturated rings. The SMILES string of the molecule is COc1ccc(-c2nn([C@H](C)C(=O)Nc3ccccc3C(F)(F)F)c(=O)c3noc(C)c23)cc1. The summed E-state index contributed by atoms with van der Waals surface area (Å²) < 4.78 is 51.2. The van der Waals surface area contributed by atoms with Crippen LogP contribution in [0.2, 0.25) is 0 Å². The van der Waals surface area contributed by atoms with Crippen molar-refractivity contribution in [3.63, 3.8) is 0 Å². The van der Waals surface area contributed by atoms with E-state index in [-0.39, 0.29) is 5.52 Å². The number of methoxy groups -OCH3 is 1. The molecule has 4 aromatic rings. The fourth-order valence-electron chi connectivity index (χ4n) is 3.51. The molecule has 8 nitrogen and oxygen atoms in total. The number of nitrogens with one attached hydrogen (secondary N) is 1. The standard InChI is InChI=1S/C23H19F3N4O4/c1-12(21(31)27-17-7-5-4-6-16(17)23(24,25)26)30-22(32)20-18(13(2)34-29-20)19(28-30)14-8-10-15(33-3)11-9-14/h4-12H,1-3H3,(H,27,31)/t12-/m1/s1. The summed E-state index contributed by atoms with van der Waals surface area (Å²) in [5, 5.41) is 10.8. The van der Waals surface area contributed by atoms with E-state index < -0.39 is 34.9 Å². The van der Waals surface area contributed by atoms with E-state index in [2.05, 4.69) is 15.6 Å². The van der Waals surface area contributed by atoms with Crippen molar-refractivity contribution in [3.8, 4) is 17.0 Å². The Morgan fingerprint density at radius 2 is 1.82 bits per heavy atom. The first-order chi connectivity index (χ1) is 16.1. The van der Waals surface area contributed by atoms with E-state index in [1.165, 1.54) is 26.2 Å². The van der Waals surface area contributed by atoms with Gasteiger partial charge in [0.2, 0.25) is 5.91 Å². The smallest absolute Gasteiger partial charge is 0.418 e. The molecular weight excluding hydrogens is 453 g/mol. The predicted octanol–water partition coefficient (Wildman–Crippen LogP) is 4.59. The molecule has 0 aliphatic heterocycles. The first kappa shape index (κ1) is 23.0. The predicted molar refractivity (Wildman–Crippen MR) is 118 cm³/mol. The number of aryl methyl sites for hydroxylation is 1. The number of nitrogens with zero attached hydrogens (tertiary/aromatic N) is 3. The molecule has 0 saturated carbocycles. The van der Waals surface area contributed by atoms with E-state index in [9.17, 15) is 22.8 Å². The fraction of sp³-hybridized carbons (Fsp3) is 0.217. The number of para-hydroxylation sites is 1.